The van der Waals surface area contributed by atoms with Crippen molar-refractivity contribution in [2.45, 2.75) is 72.3 Å². The number of aromatic nitrogens is 5. The van der Waals surface area contributed by atoms with E-state index in [9.17, 15) is 14.4 Å². The van der Waals surface area contributed by atoms with Gasteiger partial charge in [0.15, 0.2) is 5.82 Å². The minimum Gasteiger partial charge on any atom is -0.372 e. The number of rotatable bonds is 10. The van der Waals surface area contributed by atoms with Crippen molar-refractivity contribution in [3.8, 4) is 22.5 Å². The normalized spacial score (nSPS) is 17.2. The molecule has 0 bridgehead atoms. The van der Waals surface area contributed by atoms with Crippen molar-refractivity contribution >= 4 is 45.9 Å². The summed E-state index contributed by atoms with van der Waals surface area (Å²) >= 11 is 0. The van der Waals surface area contributed by atoms with E-state index < -0.39 is 5.91 Å². The van der Waals surface area contributed by atoms with Gasteiger partial charge in [-0.15, -0.1) is 0 Å². The zero-order valence-corrected chi connectivity index (χ0v) is 37.6. The number of urea groups is 1. The molecule has 0 saturated carbocycles. The van der Waals surface area contributed by atoms with Gasteiger partial charge in [0.2, 0.25) is 5.91 Å². The predicted octanol–water partition coefficient (Wildman–Crippen LogP) is 7.57. The molecule has 3 aliphatic rings. The van der Waals surface area contributed by atoms with Crippen LogP contribution in [0.3, 0.4) is 0 Å². The number of aryl methyl sites for hydroxylation is 2. The van der Waals surface area contributed by atoms with Crippen LogP contribution >= 0.6 is 0 Å². The first-order valence-electron chi connectivity index (χ1n) is 22.4. The third-order valence-corrected chi connectivity index (χ3v) is 13.0. The lowest BCUT2D eigenvalue weighted by atomic mass is 9.95. The Kier molecular flexibility index (Phi) is 11.7. The standard InChI is InChI=1S/C49H57N11O4/c1-30-25-35(9-13-38(30)32(3)52-45(62)46-55-47(56-64-46)49(4,5)6)43-39-27-40(53-44(39)51-29-50-43)34-7-10-36(11-8-34)59-23-21-57(22-24-59)28-33-15-18-58(19-16-33)37-12-14-41(31(2)26-37)60-20-17-42(61)54-48(60)63/h7-14,25-27,29,32-33H,15-24,28H2,1-6H3,(H,52,62)(H,50,51,53)(H,54,61,63)/t32-/m1/s1. The van der Waals surface area contributed by atoms with Crippen LogP contribution in [0.25, 0.3) is 33.5 Å². The van der Waals surface area contributed by atoms with Gasteiger partial charge >= 0.3 is 17.8 Å². The van der Waals surface area contributed by atoms with Crippen LogP contribution in [0.1, 0.15) is 86.2 Å². The fraction of sp³-hybridized carbons (Fsp3) is 0.408. The van der Waals surface area contributed by atoms with Crippen LogP contribution in [-0.4, -0.2) is 100 Å². The van der Waals surface area contributed by atoms with Gasteiger partial charge in [-0.05, 0) is 104 Å². The summed E-state index contributed by atoms with van der Waals surface area (Å²) < 4.78 is 5.25. The Bertz CT molecular complexity index is 2690. The molecule has 3 aromatic carbocycles. The number of piperazine rings is 1. The van der Waals surface area contributed by atoms with Gasteiger partial charge < -0.3 is 24.6 Å². The molecule has 0 spiro atoms. The maximum atomic E-state index is 13.0. The van der Waals surface area contributed by atoms with E-state index in [-0.39, 0.29) is 29.3 Å². The second-order valence-corrected chi connectivity index (χ2v) is 18.6. The first-order valence-corrected chi connectivity index (χ1v) is 22.4. The van der Waals surface area contributed by atoms with Crippen LogP contribution in [0, 0.1) is 19.8 Å². The lowest BCUT2D eigenvalue weighted by Crippen LogP contribution is -2.49. The molecule has 3 saturated heterocycles. The highest BCUT2D eigenvalue weighted by Crippen LogP contribution is 2.34. The molecule has 6 heterocycles. The summed E-state index contributed by atoms with van der Waals surface area (Å²) in [4.78, 5) is 63.3. The molecule has 9 rings (SSSR count). The summed E-state index contributed by atoms with van der Waals surface area (Å²) in [5, 5.41) is 10.4. The van der Waals surface area contributed by atoms with E-state index in [1.165, 1.54) is 11.4 Å². The number of aromatic amines is 1. The number of fused-ring (bicyclic) bond motifs is 1. The first kappa shape index (κ1) is 42.7. The molecular formula is C49H57N11O4. The van der Waals surface area contributed by atoms with Crippen molar-refractivity contribution in [3.63, 3.8) is 0 Å². The van der Waals surface area contributed by atoms with Gasteiger partial charge in [0.05, 0.1) is 11.7 Å². The molecule has 6 aromatic rings. The highest BCUT2D eigenvalue weighted by atomic mass is 16.5. The summed E-state index contributed by atoms with van der Waals surface area (Å²) in [6.45, 7) is 19.6. The molecule has 3 aromatic heterocycles. The minimum absolute atomic E-state index is 0.0454. The Balaban J connectivity index is 0.771. The zero-order valence-electron chi connectivity index (χ0n) is 37.6. The summed E-state index contributed by atoms with van der Waals surface area (Å²) in [5.74, 6) is 0.500. The Labute approximate surface area is 373 Å². The summed E-state index contributed by atoms with van der Waals surface area (Å²) in [5.41, 5.74) is 10.7. The number of hydrogen-bond donors (Lipinski definition) is 3. The predicted molar refractivity (Wildman–Crippen MR) is 249 cm³/mol. The van der Waals surface area contributed by atoms with E-state index in [4.69, 9.17) is 9.51 Å². The van der Waals surface area contributed by atoms with Crippen molar-refractivity contribution < 1.29 is 18.9 Å². The van der Waals surface area contributed by atoms with E-state index >= 15 is 0 Å². The molecule has 15 heteroatoms. The number of nitrogens with one attached hydrogen (secondary N) is 3. The lowest BCUT2D eigenvalue weighted by Gasteiger charge is -2.40. The monoisotopic (exact) mass is 863 g/mol. The van der Waals surface area contributed by atoms with Crippen LogP contribution in [0.5, 0.6) is 0 Å². The number of anilines is 3. The molecular weight excluding hydrogens is 807 g/mol. The fourth-order valence-corrected chi connectivity index (χ4v) is 9.30. The van der Waals surface area contributed by atoms with Crippen LogP contribution in [-0.2, 0) is 10.2 Å². The summed E-state index contributed by atoms with van der Waals surface area (Å²) in [6.07, 6.45) is 4.24. The Morgan fingerprint density at radius 3 is 2.25 bits per heavy atom. The molecule has 0 unspecified atom stereocenters. The minimum atomic E-state index is -0.406. The topological polar surface area (TPSA) is 169 Å². The summed E-state index contributed by atoms with van der Waals surface area (Å²) in [6, 6.07) is 22.8. The summed E-state index contributed by atoms with van der Waals surface area (Å²) in [7, 11) is 0. The highest BCUT2D eigenvalue weighted by Gasteiger charge is 2.29. The van der Waals surface area contributed by atoms with Gasteiger partial charge in [-0.1, -0.05) is 50.2 Å². The Hall–Kier alpha value is -6.61. The molecule has 15 nitrogen and oxygen atoms in total. The van der Waals surface area contributed by atoms with Crippen molar-refractivity contribution in [1.29, 1.82) is 0 Å². The third kappa shape index (κ3) is 8.94. The van der Waals surface area contributed by atoms with Crippen molar-refractivity contribution in [2.75, 3.05) is 67.1 Å². The number of hydrogen-bond acceptors (Lipinski definition) is 11. The molecule has 4 amide bonds. The van der Waals surface area contributed by atoms with Gasteiger partial charge in [0, 0.05) is 97.9 Å². The average Bonchev–Trinajstić information content (AvgIpc) is 3.97. The number of amides is 4. The average molecular weight is 864 g/mol. The van der Waals surface area contributed by atoms with Crippen molar-refractivity contribution in [3.05, 3.63) is 101 Å². The number of nitrogens with zero attached hydrogens (tertiary/aromatic N) is 8. The van der Waals surface area contributed by atoms with E-state index in [1.54, 1.807) is 11.2 Å². The largest absolute Gasteiger partial charge is 0.372 e. The fourth-order valence-electron chi connectivity index (χ4n) is 9.30. The van der Waals surface area contributed by atoms with E-state index in [0.717, 1.165) is 115 Å². The van der Waals surface area contributed by atoms with Gasteiger partial charge in [-0.2, -0.15) is 4.98 Å². The number of piperidine rings is 1. The molecule has 3 N–H and O–H groups in total. The van der Waals surface area contributed by atoms with Crippen LogP contribution in [0.2, 0.25) is 0 Å². The van der Waals surface area contributed by atoms with E-state index in [2.05, 4.69) is 94.0 Å². The maximum Gasteiger partial charge on any atom is 0.328 e. The van der Waals surface area contributed by atoms with Gasteiger partial charge in [0.25, 0.3) is 0 Å². The number of benzene rings is 3. The van der Waals surface area contributed by atoms with Gasteiger partial charge in [-0.25, -0.2) is 14.8 Å². The van der Waals surface area contributed by atoms with Crippen molar-refractivity contribution in [1.82, 2.24) is 40.6 Å². The second kappa shape index (κ2) is 17.5. The Morgan fingerprint density at radius 1 is 0.844 bits per heavy atom. The number of H-pyrrole nitrogens is 1. The number of imide groups is 1. The first-order chi connectivity index (χ1) is 30.8. The van der Waals surface area contributed by atoms with E-state index in [0.29, 0.717) is 24.7 Å². The molecule has 0 radical (unpaired) electrons. The zero-order chi connectivity index (χ0) is 44.7. The molecule has 1 atom stereocenters. The van der Waals surface area contributed by atoms with Gasteiger partial charge in [-0.3, -0.25) is 24.7 Å². The van der Waals surface area contributed by atoms with Crippen LogP contribution in [0.4, 0.5) is 21.9 Å². The smallest absolute Gasteiger partial charge is 0.328 e. The molecule has 332 valence electrons. The third-order valence-electron chi connectivity index (χ3n) is 13.0. The van der Waals surface area contributed by atoms with Gasteiger partial charge in [0.1, 0.15) is 12.0 Å². The van der Waals surface area contributed by atoms with Crippen molar-refractivity contribution in [2.24, 2.45) is 5.92 Å². The van der Waals surface area contributed by atoms with Crippen LogP contribution < -0.4 is 25.3 Å². The lowest BCUT2D eigenvalue weighted by molar-refractivity contribution is -0.120. The molecule has 0 aliphatic carbocycles. The number of carbonyl (C=O) groups is 3. The number of carbonyl (C=O) groups excluding carboxylic acids is 3. The SMILES string of the molecule is Cc1cc(-c2ncnc3[nH]c(-c4ccc(N5CCN(CC6CCN(c7ccc(N8CCC(=O)NC8=O)c(C)c7)CC6)CC5)cc4)cc23)ccc1[C@@H](C)NC(=O)c1nc(C(C)(C)C)no1. The highest BCUT2D eigenvalue weighted by molar-refractivity contribution is 6.06. The second-order valence-electron chi connectivity index (χ2n) is 18.6. The molecule has 64 heavy (non-hydrogen) atoms. The molecule has 3 aliphatic heterocycles. The van der Waals surface area contributed by atoms with Crippen LogP contribution in [0.15, 0.2) is 77.6 Å². The molecule has 3 fully saturated rings. The maximum absolute atomic E-state index is 13.0. The quantitative estimate of drug-likeness (QED) is 0.124. The Morgan fingerprint density at radius 2 is 1.56 bits per heavy atom. The van der Waals surface area contributed by atoms with E-state index in [1.807, 2.05) is 59.7 Å².